The van der Waals surface area contributed by atoms with Crippen molar-refractivity contribution in [3.05, 3.63) is 24.0 Å². The number of rotatable bonds is 6. The van der Waals surface area contributed by atoms with Crippen molar-refractivity contribution in [2.24, 2.45) is 14.1 Å². The molecular formula is C10H17N6S+. The molecule has 0 aliphatic rings. The van der Waals surface area contributed by atoms with Crippen LogP contribution in [0.25, 0.3) is 0 Å². The lowest BCUT2D eigenvalue weighted by atomic mass is 10.4. The number of aryl methyl sites for hydroxylation is 2. The molecule has 0 bridgehead atoms. The van der Waals surface area contributed by atoms with Crippen LogP contribution in [0.3, 0.4) is 0 Å². The fourth-order valence-corrected chi connectivity index (χ4v) is 2.32. The number of aromatic nitrogens is 5. The van der Waals surface area contributed by atoms with Crippen molar-refractivity contribution in [1.29, 1.82) is 0 Å². The van der Waals surface area contributed by atoms with Crippen LogP contribution in [0.4, 0.5) is 0 Å². The van der Waals surface area contributed by atoms with E-state index in [1.165, 1.54) is 5.69 Å². The van der Waals surface area contributed by atoms with Crippen molar-refractivity contribution in [3.8, 4) is 0 Å². The minimum absolute atomic E-state index is 0.872. The lowest BCUT2D eigenvalue weighted by Gasteiger charge is -2.02. The second-order valence-electron chi connectivity index (χ2n) is 3.83. The molecule has 0 unspecified atom stereocenters. The van der Waals surface area contributed by atoms with Gasteiger partial charge in [-0.2, -0.15) is 0 Å². The zero-order chi connectivity index (χ0) is 12.1. The van der Waals surface area contributed by atoms with Crippen LogP contribution in [-0.2, 0) is 20.6 Å². The summed E-state index contributed by atoms with van der Waals surface area (Å²) in [7, 11) is 3.93. The maximum Gasteiger partial charge on any atom is 0.209 e. The van der Waals surface area contributed by atoms with Crippen molar-refractivity contribution in [3.63, 3.8) is 0 Å². The second kappa shape index (κ2) is 5.83. The predicted molar refractivity (Wildman–Crippen MR) is 65.4 cm³/mol. The molecule has 0 atom stereocenters. The van der Waals surface area contributed by atoms with Crippen LogP contribution < -0.4 is 5.32 Å². The third kappa shape index (κ3) is 3.31. The van der Waals surface area contributed by atoms with Crippen LogP contribution in [0.1, 0.15) is 5.69 Å². The Labute approximate surface area is 104 Å². The molecule has 0 radical (unpaired) electrons. The lowest BCUT2D eigenvalue weighted by molar-refractivity contribution is -0.667. The highest BCUT2D eigenvalue weighted by atomic mass is 32.2. The van der Waals surface area contributed by atoms with Gasteiger partial charge in [0.2, 0.25) is 5.16 Å². The van der Waals surface area contributed by atoms with Crippen molar-refractivity contribution >= 4 is 11.8 Å². The maximum atomic E-state index is 3.92. The van der Waals surface area contributed by atoms with E-state index in [2.05, 4.69) is 50.8 Å². The lowest BCUT2D eigenvalue weighted by Crippen LogP contribution is -2.83. The van der Waals surface area contributed by atoms with Gasteiger partial charge in [-0.3, -0.25) is 0 Å². The molecule has 0 spiro atoms. The minimum atomic E-state index is 0.872. The van der Waals surface area contributed by atoms with Gasteiger partial charge in [0.25, 0.3) is 0 Å². The Balaban J connectivity index is 1.64. The number of quaternary nitrogens is 1. The molecule has 0 saturated heterocycles. The molecule has 6 nitrogen and oxygen atoms in total. The fraction of sp³-hybridized carbons (Fsp3) is 0.500. The standard InChI is InChI=1S/C10H16N6S/c1-15-6-3-4-9(15)8-11-5-7-17-10-12-13-14-16(10)2/h3-4,6,11H,5,7-8H2,1-2H3/p+1. The van der Waals surface area contributed by atoms with Crippen LogP contribution in [0.5, 0.6) is 0 Å². The van der Waals surface area contributed by atoms with Crippen LogP contribution in [0.15, 0.2) is 23.5 Å². The Hall–Kier alpha value is -1.34. The van der Waals surface area contributed by atoms with Crippen molar-refractivity contribution in [2.45, 2.75) is 11.7 Å². The first-order chi connectivity index (χ1) is 8.27. The zero-order valence-corrected chi connectivity index (χ0v) is 10.9. The summed E-state index contributed by atoms with van der Waals surface area (Å²) in [4.78, 5) is 0. The quantitative estimate of drug-likeness (QED) is 0.552. The number of tetrazole rings is 1. The summed E-state index contributed by atoms with van der Waals surface area (Å²) in [6.45, 7) is 2.07. The maximum absolute atomic E-state index is 3.92. The van der Waals surface area contributed by atoms with Gasteiger partial charge in [0.15, 0.2) is 0 Å². The Morgan fingerprint density at radius 1 is 1.41 bits per heavy atom. The number of hydrogen-bond donors (Lipinski definition) is 1. The van der Waals surface area contributed by atoms with Crippen molar-refractivity contribution in [1.82, 2.24) is 24.8 Å². The van der Waals surface area contributed by atoms with Gasteiger partial charge in [-0.15, -0.1) is 5.10 Å². The number of thioether (sulfide) groups is 1. The molecule has 7 heteroatoms. The second-order valence-corrected chi connectivity index (χ2v) is 4.89. The first kappa shape index (κ1) is 12.1. The van der Waals surface area contributed by atoms with E-state index in [9.17, 15) is 0 Å². The third-order valence-corrected chi connectivity index (χ3v) is 3.58. The summed E-state index contributed by atoms with van der Waals surface area (Å²) < 4.78 is 3.85. The van der Waals surface area contributed by atoms with Gasteiger partial charge in [-0.25, -0.2) is 4.68 Å². The van der Waals surface area contributed by atoms with Crippen LogP contribution >= 0.6 is 11.8 Å². The average Bonchev–Trinajstić information content (AvgIpc) is 2.89. The SMILES string of the molecule is Cn1cccc1C[NH2+]CCSc1nnnn1C. The smallest absolute Gasteiger partial charge is 0.209 e. The monoisotopic (exact) mass is 253 g/mol. The van der Waals surface area contributed by atoms with E-state index >= 15 is 0 Å². The normalized spacial score (nSPS) is 10.9. The van der Waals surface area contributed by atoms with E-state index in [0.717, 1.165) is 24.0 Å². The van der Waals surface area contributed by atoms with Gasteiger partial charge in [-0.05, 0) is 22.6 Å². The first-order valence-corrected chi connectivity index (χ1v) is 6.53. The van der Waals surface area contributed by atoms with E-state index in [4.69, 9.17) is 0 Å². The molecule has 0 aliphatic carbocycles. The highest BCUT2D eigenvalue weighted by Crippen LogP contribution is 2.09. The van der Waals surface area contributed by atoms with Gasteiger partial charge < -0.3 is 9.88 Å². The number of hydrogen-bond acceptors (Lipinski definition) is 4. The summed E-state index contributed by atoms with van der Waals surface area (Å²) in [5.74, 6) is 1.01. The summed E-state index contributed by atoms with van der Waals surface area (Å²) in [6, 6.07) is 4.22. The Morgan fingerprint density at radius 3 is 2.94 bits per heavy atom. The molecule has 0 fully saturated rings. The van der Waals surface area contributed by atoms with Crippen LogP contribution in [-0.4, -0.2) is 37.1 Å². The van der Waals surface area contributed by atoms with Crippen molar-refractivity contribution in [2.75, 3.05) is 12.3 Å². The molecule has 17 heavy (non-hydrogen) atoms. The third-order valence-electron chi connectivity index (χ3n) is 2.54. The van der Waals surface area contributed by atoms with Gasteiger partial charge in [-0.1, -0.05) is 11.8 Å². The largest absolute Gasteiger partial charge is 0.350 e. The topological polar surface area (TPSA) is 65.1 Å². The average molecular weight is 253 g/mol. The van der Waals surface area contributed by atoms with Gasteiger partial charge in [0.05, 0.1) is 18.0 Å². The molecule has 2 aromatic heterocycles. The molecule has 2 heterocycles. The minimum Gasteiger partial charge on any atom is -0.350 e. The summed E-state index contributed by atoms with van der Waals surface area (Å²) in [5, 5.41) is 14.5. The van der Waals surface area contributed by atoms with Gasteiger partial charge >= 0.3 is 0 Å². The number of nitrogens with zero attached hydrogens (tertiary/aromatic N) is 5. The highest BCUT2D eigenvalue weighted by Gasteiger charge is 2.03. The number of nitrogens with two attached hydrogens (primary N) is 1. The van der Waals surface area contributed by atoms with Crippen LogP contribution in [0, 0.1) is 0 Å². The Kier molecular flexibility index (Phi) is 4.16. The molecule has 2 N–H and O–H groups in total. The highest BCUT2D eigenvalue weighted by molar-refractivity contribution is 7.99. The van der Waals surface area contributed by atoms with E-state index < -0.39 is 0 Å². The predicted octanol–water partition coefficient (Wildman–Crippen LogP) is -0.596. The van der Waals surface area contributed by atoms with Gasteiger partial charge in [0, 0.05) is 20.3 Å². The van der Waals surface area contributed by atoms with E-state index in [0.29, 0.717) is 0 Å². The Bertz CT molecular complexity index is 421. The molecule has 92 valence electrons. The van der Waals surface area contributed by atoms with E-state index in [1.807, 2.05) is 7.05 Å². The van der Waals surface area contributed by atoms with E-state index in [-0.39, 0.29) is 0 Å². The Morgan fingerprint density at radius 2 is 2.29 bits per heavy atom. The first-order valence-electron chi connectivity index (χ1n) is 5.54. The van der Waals surface area contributed by atoms with E-state index in [1.54, 1.807) is 16.4 Å². The summed E-state index contributed by atoms with van der Waals surface area (Å²) >= 11 is 1.68. The van der Waals surface area contributed by atoms with Crippen LogP contribution in [0.2, 0.25) is 0 Å². The van der Waals surface area contributed by atoms with Gasteiger partial charge in [0.1, 0.15) is 6.54 Å². The molecule has 2 aromatic rings. The molecule has 0 aliphatic heterocycles. The fourth-order valence-electron chi connectivity index (χ4n) is 1.54. The molecular weight excluding hydrogens is 236 g/mol. The summed E-state index contributed by atoms with van der Waals surface area (Å²) in [6.07, 6.45) is 2.07. The zero-order valence-electron chi connectivity index (χ0n) is 10.1. The molecule has 0 aromatic carbocycles. The molecule has 0 saturated carbocycles. The summed E-state index contributed by atoms with van der Waals surface area (Å²) in [5.41, 5.74) is 1.34. The molecule has 2 rings (SSSR count). The molecule has 0 amide bonds. The van der Waals surface area contributed by atoms with Crippen molar-refractivity contribution < 1.29 is 5.32 Å².